The quantitative estimate of drug-likeness (QED) is 0.897. The Balaban J connectivity index is 1.58. The van der Waals surface area contributed by atoms with E-state index < -0.39 is 0 Å². The van der Waals surface area contributed by atoms with E-state index in [1.807, 2.05) is 0 Å². The number of aromatic nitrogens is 2. The zero-order valence-corrected chi connectivity index (χ0v) is 14.5. The molecule has 1 aromatic carbocycles. The van der Waals surface area contributed by atoms with Crippen LogP contribution in [0.5, 0.6) is 5.75 Å². The van der Waals surface area contributed by atoms with Gasteiger partial charge in [0.1, 0.15) is 5.75 Å². The van der Waals surface area contributed by atoms with Crippen LogP contribution < -0.4 is 10.1 Å². The van der Waals surface area contributed by atoms with E-state index >= 15 is 0 Å². The summed E-state index contributed by atoms with van der Waals surface area (Å²) < 4.78 is 10.7. The molecule has 0 radical (unpaired) electrons. The Morgan fingerprint density at radius 1 is 1.42 bits per heavy atom. The maximum absolute atomic E-state index is 12.5. The highest BCUT2D eigenvalue weighted by molar-refractivity contribution is 6.30. The number of methoxy groups -OCH3 is 1. The Morgan fingerprint density at radius 3 is 2.96 bits per heavy atom. The fourth-order valence-electron chi connectivity index (χ4n) is 3.17. The van der Waals surface area contributed by atoms with Crippen LogP contribution in [-0.2, 0) is 6.42 Å². The lowest BCUT2D eigenvalue weighted by Crippen LogP contribution is -2.33. The predicted octanol–water partition coefficient (Wildman–Crippen LogP) is 3.18. The van der Waals surface area contributed by atoms with Crippen LogP contribution in [0.25, 0.3) is 0 Å². The molecule has 3 rings (SSSR count). The summed E-state index contributed by atoms with van der Waals surface area (Å²) in [5, 5.41) is 11.5. The Bertz CT molecular complexity index is 732. The van der Waals surface area contributed by atoms with E-state index in [2.05, 4.69) is 15.5 Å². The number of carbonyl (C=O) groups is 1. The molecule has 1 heterocycles. The second-order valence-corrected chi connectivity index (χ2v) is 6.55. The SMILES string of the molecule is COc1cc(Cl)ccc1C(=O)N[C@H]1CC[C@@H](Cc2nnc(C)o2)C1. The topological polar surface area (TPSA) is 77.2 Å². The average molecular weight is 350 g/mol. The van der Waals surface area contributed by atoms with Gasteiger partial charge in [0.05, 0.1) is 12.7 Å². The summed E-state index contributed by atoms with van der Waals surface area (Å²) in [7, 11) is 1.53. The number of carbonyl (C=O) groups excluding carboxylic acids is 1. The number of hydrogen-bond donors (Lipinski definition) is 1. The third-order valence-electron chi connectivity index (χ3n) is 4.32. The standard InChI is InChI=1S/C17H20ClN3O3/c1-10-20-21-16(24-10)8-11-3-5-13(7-11)19-17(22)14-6-4-12(18)9-15(14)23-2/h4,6,9,11,13H,3,5,7-8H2,1-2H3,(H,19,22)/t11-,13+/m1/s1. The first-order valence-corrected chi connectivity index (χ1v) is 8.36. The number of hydrogen-bond acceptors (Lipinski definition) is 5. The lowest BCUT2D eigenvalue weighted by Gasteiger charge is -2.15. The van der Waals surface area contributed by atoms with Crippen LogP contribution in [-0.4, -0.2) is 29.3 Å². The van der Waals surface area contributed by atoms with Crippen molar-refractivity contribution in [2.45, 2.75) is 38.6 Å². The first kappa shape index (κ1) is 16.8. The Morgan fingerprint density at radius 2 is 2.25 bits per heavy atom. The Labute approximate surface area is 145 Å². The lowest BCUT2D eigenvalue weighted by atomic mass is 10.0. The second kappa shape index (κ2) is 7.21. The van der Waals surface area contributed by atoms with Gasteiger partial charge in [0.15, 0.2) is 0 Å². The highest BCUT2D eigenvalue weighted by Gasteiger charge is 2.28. The molecule has 1 aromatic heterocycles. The van der Waals surface area contributed by atoms with Gasteiger partial charge >= 0.3 is 0 Å². The molecule has 1 fully saturated rings. The molecule has 0 saturated heterocycles. The number of nitrogens with zero attached hydrogens (tertiary/aromatic N) is 2. The van der Waals surface area contributed by atoms with Crippen LogP contribution in [0.4, 0.5) is 0 Å². The average Bonchev–Trinajstić information content (AvgIpc) is 3.16. The molecule has 24 heavy (non-hydrogen) atoms. The summed E-state index contributed by atoms with van der Waals surface area (Å²) in [5.41, 5.74) is 0.498. The molecule has 0 bridgehead atoms. The lowest BCUT2D eigenvalue weighted by molar-refractivity contribution is 0.0934. The van der Waals surface area contributed by atoms with Crippen LogP contribution in [0.2, 0.25) is 5.02 Å². The molecule has 1 N–H and O–H groups in total. The molecule has 1 aliphatic carbocycles. The van der Waals surface area contributed by atoms with Crippen LogP contribution in [0.1, 0.15) is 41.4 Å². The van der Waals surface area contributed by atoms with E-state index in [-0.39, 0.29) is 11.9 Å². The van der Waals surface area contributed by atoms with Gasteiger partial charge in [0.2, 0.25) is 11.8 Å². The van der Waals surface area contributed by atoms with Crippen molar-refractivity contribution in [2.75, 3.05) is 7.11 Å². The van der Waals surface area contributed by atoms with Crippen molar-refractivity contribution < 1.29 is 13.9 Å². The van der Waals surface area contributed by atoms with Gasteiger partial charge in [-0.1, -0.05) is 11.6 Å². The van der Waals surface area contributed by atoms with Crippen molar-refractivity contribution in [2.24, 2.45) is 5.92 Å². The van der Waals surface area contributed by atoms with E-state index in [9.17, 15) is 4.79 Å². The molecule has 2 atom stereocenters. The van der Waals surface area contributed by atoms with Crippen molar-refractivity contribution in [1.82, 2.24) is 15.5 Å². The number of benzene rings is 1. The van der Waals surface area contributed by atoms with E-state index in [0.29, 0.717) is 34.0 Å². The van der Waals surface area contributed by atoms with Crippen LogP contribution in [0.3, 0.4) is 0 Å². The Hall–Kier alpha value is -2.08. The smallest absolute Gasteiger partial charge is 0.255 e. The first-order valence-electron chi connectivity index (χ1n) is 7.98. The van der Waals surface area contributed by atoms with Gasteiger partial charge in [0, 0.05) is 24.4 Å². The van der Waals surface area contributed by atoms with Gasteiger partial charge < -0.3 is 14.5 Å². The summed E-state index contributed by atoms with van der Waals surface area (Å²) in [6.45, 7) is 1.79. The molecule has 1 aliphatic rings. The van der Waals surface area contributed by atoms with Crippen LogP contribution in [0, 0.1) is 12.8 Å². The highest BCUT2D eigenvalue weighted by Crippen LogP contribution is 2.29. The summed E-state index contributed by atoms with van der Waals surface area (Å²) in [4.78, 5) is 12.5. The second-order valence-electron chi connectivity index (χ2n) is 6.11. The van der Waals surface area contributed by atoms with E-state index in [1.54, 1.807) is 25.1 Å². The van der Waals surface area contributed by atoms with Gasteiger partial charge in [0.25, 0.3) is 5.91 Å². The molecule has 2 aromatic rings. The van der Waals surface area contributed by atoms with Crippen molar-refractivity contribution >= 4 is 17.5 Å². The minimum absolute atomic E-state index is 0.136. The highest BCUT2D eigenvalue weighted by atomic mass is 35.5. The van der Waals surface area contributed by atoms with E-state index in [0.717, 1.165) is 25.7 Å². The number of amides is 1. The number of ether oxygens (including phenoxy) is 1. The van der Waals surface area contributed by atoms with E-state index in [4.69, 9.17) is 20.8 Å². The molecular weight excluding hydrogens is 330 g/mol. The minimum atomic E-state index is -0.136. The van der Waals surface area contributed by atoms with Gasteiger partial charge in [-0.3, -0.25) is 4.79 Å². The number of halogens is 1. The largest absolute Gasteiger partial charge is 0.496 e. The van der Waals surface area contributed by atoms with Crippen LogP contribution >= 0.6 is 11.6 Å². The minimum Gasteiger partial charge on any atom is -0.496 e. The molecule has 128 valence electrons. The molecule has 0 spiro atoms. The zero-order chi connectivity index (χ0) is 17.1. The van der Waals surface area contributed by atoms with Crippen molar-refractivity contribution in [3.63, 3.8) is 0 Å². The third-order valence-corrected chi connectivity index (χ3v) is 4.55. The van der Waals surface area contributed by atoms with Gasteiger partial charge in [-0.2, -0.15) is 0 Å². The normalized spacial score (nSPS) is 20.1. The summed E-state index contributed by atoms with van der Waals surface area (Å²) in [6.07, 6.45) is 3.64. The molecular formula is C17H20ClN3O3. The van der Waals surface area contributed by atoms with Crippen LogP contribution in [0.15, 0.2) is 22.6 Å². The molecule has 1 amide bonds. The van der Waals surface area contributed by atoms with E-state index in [1.165, 1.54) is 7.11 Å². The zero-order valence-electron chi connectivity index (χ0n) is 13.7. The summed E-state index contributed by atoms with van der Waals surface area (Å²) in [5.74, 6) is 2.05. The monoisotopic (exact) mass is 349 g/mol. The van der Waals surface area contributed by atoms with Crippen molar-refractivity contribution in [3.8, 4) is 5.75 Å². The van der Waals surface area contributed by atoms with Gasteiger partial charge in [-0.25, -0.2) is 0 Å². The number of rotatable bonds is 5. The summed E-state index contributed by atoms with van der Waals surface area (Å²) in [6, 6.07) is 5.16. The first-order chi connectivity index (χ1) is 11.5. The fourth-order valence-corrected chi connectivity index (χ4v) is 3.34. The maximum Gasteiger partial charge on any atom is 0.255 e. The third kappa shape index (κ3) is 3.87. The molecule has 6 nitrogen and oxygen atoms in total. The maximum atomic E-state index is 12.5. The number of aryl methyl sites for hydroxylation is 1. The van der Waals surface area contributed by atoms with Gasteiger partial charge in [-0.05, 0) is 43.4 Å². The Kier molecular flexibility index (Phi) is 5.04. The van der Waals surface area contributed by atoms with Gasteiger partial charge in [-0.15, -0.1) is 10.2 Å². The fraction of sp³-hybridized carbons (Fsp3) is 0.471. The molecule has 7 heteroatoms. The molecule has 1 saturated carbocycles. The number of nitrogens with one attached hydrogen (secondary N) is 1. The predicted molar refractivity (Wildman–Crippen MR) is 89.3 cm³/mol. The molecule has 0 aliphatic heterocycles. The van der Waals surface area contributed by atoms with Crippen molar-refractivity contribution in [1.29, 1.82) is 0 Å². The summed E-state index contributed by atoms with van der Waals surface area (Å²) >= 11 is 5.94. The molecule has 0 unspecified atom stereocenters. The van der Waals surface area contributed by atoms with Crippen molar-refractivity contribution in [3.05, 3.63) is 40.6 Å².